The van der Waals surface area contributed by atoms with Gasteiger partial charge in [0.05, 0.1) is 32.7 Å². The number of fused-ring (bicyclic) bond motifs is 1. The highest BCUT2D eigenvalue weighted by Gasteiger charge is 2.42. The highest BCUT2D eigenvalue weighted by Crippen LogP contribution is 2.44. The highest BCUT2D eigenvalue weighted by molar-refractivity contribution is 6.39. The molecule has 1 saturated carbocycles. The molecule has 6 nitrogen and oxygen atoms in total. The molecule has 0 saturated heterocycles. The number of alkyl halides is 6. The molecule has 3 aromatic rings. The van der Waals surface area contributed by atoms with Gasteiger partial charge in [0.1, 0.15) is 11.3 Å². The number of rotatable bonds is 6. The first-order chi connectivity index (χ1) is 17.2. The van der Waals surface area contributed by atoms with Gasteiger partial charge >= 0.3 is 18.3 Å². The van der Waals surface area contributed by atoms with Crippen LogP contribution in [-0.4, -0.2) is 39.6 Å². The largest absolute Gasteiger partial charge is 0.483 e. The van der Waals surface area contributed by atoms with E-state index in [0.717, 1.165) is 12.1 Å². The fraction of sp³-hybridized carbons (Fsp3) is 0.391. The topological polar surface area (TPSA) is 76.4 Å². The highest BCUT2D eigenvalue weighted by atomic mass is 35.5. The Balaban J connectivity index is 1.83. The Bertz CT molecular complexity index is 1300. The number of carboxylic acids is 1. The molecular weight excluding hydrogens is 551 g/mol. The number of halogens is 8. The molecule has 1 fully saturated rings. The molecule has 0 radical (unpaired) electrons. The number of benzene rings is 2. The number of ether oxygens (including phenoxy) is 1. The Hall–Kier alpha value is -2.86. The van der Waals surface area contributed by atoms with Gasteiger partial charge in [-0.25, -0.2) is 9.78 Å². The van der Waals surface area contributed by atoms with Gasteiger partial charge in [-0.05, 0) is 43.9 Å². The molecule has 1 heterocycles. The van der Waals surface area contributed by atoms with E-state index in [1.807, 2.05) is 0 Å². The van der Waals surface area contributed by atoms with Crippen molar-refractivity contribution >= 4 is 51.8 Å². The van der Waals surface area contributed by atoms with Crippen LogP contribution in [-0.2, 0) is 0 Å². The Morgan fingerprint density at radius 3 is 2.24 bits per heavy atom. The van der Waals surface area contributed by atoms with E-state index < -0.39 is 48.2 Å². The summed E-state index contributed by atoms with van der Waals surface area (Å²) in [5.41, 5.74) is -0.0356. The minimum atomic E-state index is -4.73. The van der Waals surface area contributed by atoms with Crippen molar-refractivity contribution in [1.82, 2.24) is 9.55 Å². The minimum Gasteiger partial charge on any atom is -0.483 e. The molecule has 4 rings (SSSR count). The van der Waals surface area contributed by atoms with Crippen molar-refractivity contribution in [1.29, 1.82) is 0 Å². The van der Waals surface area contributed by atoms with Gasteiger partial charge in [0.25, 0.3) is 0 Å². The molecule has 1 aliphatic carbocycles. The summed E-state index contributed by atoms with van der Waals surface area (Å²) in [4.78, 5) is 16.1. The van der Waals surface area contributed by atoms with E-state index >= 15 is 0 Å². The minimum absolute atomic E-state index is 0.0837. The summed E-state index contributed by atoms with van der Waals surface area (Å²) in [6.45, 7) is -1.73. The van der Waals surface area contributed by atoms with E-state index in [9.17, 15) is 36.2 Å². The van der Waals surface area contributed by atoms with E-state index in [1.54, 1.807) is 18.2 Å². The first-order valence-electron chi connectivity index (χ1n) is 11.0. The number of hydrogen-bond donors (Lipinski definition) is 2. The predicted octanol–water partition coefficient (Wildman–Crippen LogP) is 8.02. The lowest BCUT2D eigenvalue weighted by Crippen LogP contribution is -2.29. The summed E-state index contributed by atoms with van der Waals surface area (Å²) in [7, 11) is 0. The van der Waals surface area contributed by atoms with E-state index in [1.165, 1.54) is 4.57 Å². The standard InChI is InChI=1S/C23H19Cl2F6N3O3/c24-14-2-1-3-15(25)19(14)33-21-32-16-8-13(20(35)36)18(37-10-22(26,27)28)9-17(16)34(21)12-6-4-11(5-7-12)23(29,30)31/h1-3,8-9,11-12H,4-7,10H2,(H,32,33)(H,35,36). The number of carboxylic acid groups (broad SMARTS) is 1. The predicted molar refractivity (Wildman–Crippen MR) is 125 cm³/mol. The lowest BCUT2D eigenvalue weighted by atomic mass is 9.85. The van der Waals surface area contributed by atoms with Crippen molar-refractivity contribution in [3.05, 3.63) is 45.9 Å². The second-order valence-corrected chi connectivity index (χ2v) is 9.43. The fourth-order valence-electron chi connectivity index (χ4n) is 4.42. The van der Waals surface area contributed by atoms with Crippen LogP contribution < -0.4 is 10.1 Å². The van der Waals surface area contributed by atoms with Crippen LogP contribution in [0.25, 0.3) is 11.0 Å². The average Bonchev–Trinajstić information content (AvgIpc) is 3.15. The van der Waals surface area contributed by atoms with Crippen LogP contribution in [0, 0.1) is 5.92 Å². The summed E-state index contributed by atoms with van der Waals surface area (Å²) < 4.78 is 84.5. The zero-order chi connectivity index (χ0) is 27.1. The van der Waals surface area contributed by atoms with Crippen LogP contribution in [0.2, 0.25) is 10.0 Å². The Morgan fingerprint density at radius 2 is 1.70 bits per heavy atom. The number of aromatic nitrogens is 2. The van der Waals surface area contributed by atoms with Gasteiger partial charge in [-0.3, -0.25) is 0 Å². The van der Waals surface area contributed by atoms with Gasteiger partial charge in [-0.15, -0.1) is 0 Å². The smallest absolute Gasteiger partial charge is 0.422 e. The number of hydrogen-bond acceptors (Lipinski definition) is 4. The van der Waals surface area contributed by atoms with Crippen LogP contribution in [0.5, 0.6) is 5.75 Å². The van der Waals surface area contributed by atoms with Gasteiger partial charge in [0.15, 0.2) is 6.61 Å². The number of nitrogens with one attached hydrogen (secondary N) is 1. The Kier molecular flexibility index (Phi) is 7.44. The maximum absolute atomic E-state index is 13.2. The molecule has 200 valence electrons. The summed E-state index contributed by atoms with van der Waals surface area (Å²) in [5.74, 6) is -3.48. The van der Waals surface area contributed by atoms with E-state index in [2.05, 4.69) is 10.3 Å². The molecule has 2 N–H and O–H groups in total. The maximum Gasteiger partial charge on any atom is 0.422 e. The molecule has 0 bridgehead atoms. The van der Waals surface area contributed by atoms with E-state index in [0.29, 0.717) is 0 Å². The zero-order valence-corrected chi connectivity index (χ0v) is 20.3. The molecule has 0 atom stereocenters. The van der Waals surface area contributed by atoms with Crippen molar-refractivity contribution in [3.63, 3.8) is 0 Å². The number of para-hydroxylation sites is 1. The quantitative estimate of drug-likeness (QED) is 0.294. The van der Waals surface area contributed by atoms with Gasteiger partial charge < -0.3 is 19.7 Å². The van der Waals surface area contributed by atoms with Gasteiger partial charge in [0, 0.05) is 12.1 Å². The molecule has 0 spiro atoms. The molecule has 1 aromatic heterocycles. The maximum atomic E-state index is 13.2. The van der Waals surface area contributed by atoms with Crippen molar-refractivity contribution in [3.8, 4) is 5.75 Å². The molecule has 1 aliphatic rings. The fourth-order valence-corrected chi connectivity index (χ4v) is 4.91. The van der Waals surface area contributed by atoms with Crippen LogP contribution in [0.1, 0.15) is 42.1 Å². The summed E-state index contributed by atoms with van der Waals surface area (Å²) in [5, 5.41) is 12.9. The number of carbonyl (C=O) groups is 1. The first kappa shape index (κ1) is 27.2. The molecule has 0 amide bonds. The first-order valence-corrected chi connectivity index (χ1v) is 11.8. The van der Waals surface area contributed by atoms with Crippen molar-refractivity contribution in [2.75, 3.05) is 11.9 Å². The van der Waals surface area contributed by atoms with Crippen LogP contribution in [0.3, 0.4) is 0 Å². The van der Waals surface area contributed by atoms with Crippen LogP contribution >= 0.6 is 23.2 Å². The van der Waals surface area contributed by atoms with Crippen molar-refractivity contribution in [2.45, 2.75) is 44.1 Å². The van der Waals surface area contributed by atoms with Gasteiger partial charge in [0.2, 0.25) is 5.95 Å². The third kappa shape index (κ3) is 6.01. The van der Waals surface area contributed by atoms with E-state index in [-0.39, 0.29) is 58.4 Å². The second-order valence-electron chi connectivity index (χ2n) is 8.62. The summed E-state index contributed by atoms with van der Waals surface area (Å²) in [6.07, 6.45) is -9.20. The van der Waals surface area contributed by atoms with Gasteiger partial charge in [-0.2, -0.15) is 26.3 Å². The number of anilines is 2. The van der Waals surface area contributed by atoms with Crippen molar-refractivity contribution < 1.29 is 41.0 Å². The molecule has 37 heavy (non-hydrogen) atoms. The molecule has 2 aromatic carbocycles. The summed E-state index contributed by atoms with van der Waals surface area (Å²) in [6, 6.07) is 6.32. The van der Waals surface area contributed by atoms with Crippen LogP contribution in [0.15, 0.2) is 30.3 Å². The second kappa shape index (κ2) is 10.1. The lowest BCUT2D eigenvalue weighted by Gasteiger charge is -2.31. The monoisotopic (exact) mass is 569 g/mol. The SMILES string of the molecule is O=C(O)c1cc2nc(Nc3c(Cl)cccc3Cl)n(C3CCC(C(F)(F)F)CC3)c2cc1OCC(F)(F)F. The van der Waals surface area contributed by atoms with Gasteiger partial charge in [-0.1, -0.05) is 29.3 Å². The number of nitrogens with zero attached hydrogens (tertiary/aromatic N) is 2. The Morgan fingerprint density at radius 1 is 1.08 bits per heavy atom. The number of imidazole rings is 1. The third-order valence-corrected chi connectivity index (χ3v) is 6.77. The molecule has 0 unspecified atom stereocenters. The van der Waals surface area contributed by atoms with Crippen LogP contribution in [0.4, 0.5) is 38.0 Å². The number of aromatic carboxylic acids is 1. The molecule has 0 aliphatic heterocycles. The van der Waals surface area contributed by atoms with Crippen molar-refractivity contribution in [2.24, 2.45) is 5.92 Å². The molecule has 14 heteroatoms. The molecular formula is C23H19Cl2F6N3O3. The average molecular weight is 570 g/mol. The third-order valence-electron chi connectivity index (χ3n) is 6.14. The summed E-state index contributed by atoms with van der Waals surface area (Å²) >= 11 is 12.5. The zero-order valence-electron chi connectivity index (χ0n) is 18.8. The lowest BCUT2D eigenvalue weighted by molar-refractivity contribution is -0.183. The normalized spacial score (nSPS) is 18.7. The Labute approximate surface area is 216 Å². The van der Waals surface area contributed by atoms with E-state index in [4.69, 9.17) is 27.9 Å².